The van der Waals surface area contributed by atoms with Gasteiger partial charge in [-0.05, 0) is 91.0 Å². The van der Waals surface area contributed by atoms with Gasteiger partial charge in [0.1, 0.15) is 0 Å². The Morgan fingerprint density at radius 3 is 0.960 bits per heavy atom. The first-order valence-corrected chi connectivity index (χ1v) is 17.2. The summed E-state index contributed by atoms with van der Waals surface area (Å²) >= 11 is 0. The van der Waals surface area contributed by atoms with Crippen molar-refractivity contribution in [2.75, 3.05) is 33.2 Å². The highest BCUT2D eigenvalue weighted by molar-refractivity contribution is 7.85. The SMILES string of the molecule is Nc1cccc(C(=O)Nc2cccc(P(=O)(c3cccc(NC(=O)c4cccc(N)c4)c3)c3cccc(NC(=O)c4cccc(N)c4)c3)c2)c1. The van der Waals surface area contributed by atoms with E-state index in [0.717, 1.165) is 0 Å². The molecule has 0 heterocycles. The molecule has 0 saturated carbocycles. The van der Waals surface area contributed by atoms with Gasteiger partial charge in [0.25, 0.3) is 17.7 Å². The highest BCUT2D eigenvalue weighted by atomic mass is 31.2. The number of nitrogen functional groups attached to an aromatic ring is 3. The lowest BCUT2D eigenvalue weighted by Crippen LogP contribution is -2.26. The summed E-state index contributed by atoms with van der Waals surface area (Å²) in [5.41, 5.74) is 21.3. The highest BCUT2D eigenvalue weighted by Gasteiger charge is 2.31. The van der Waals surface area contributed by atoms with E-state index >= 15 is 4.57 Å². The van der Waals surface area contributed by atoms with E-state index in [1.807, 2.05) is 0 Å². The number of carbonyl (C=O) groups is 3. The average molecular weight is 681 g/mol. The first-order valence-electron chi connectivity index (χ1n) is 15.5. The molecule has 6 aromatic rings. The number of nitrogens with two attached hydrogens (primary N) is 3. The van der Waals surface area contributed by atoms with Crippen LogP contribution in [0, 0.1) is 0 Å². The van der Waals surface area contributed by atoms with E-state index in [0.29, 0.717) is 66.7 Å². The minimum Gasteiger partial charge on any atom is -0.399 e. The van der Waals surface area contributed by atoms with E-state index in [1.54, 1.807) is 146 Å². The lowest BCUT2D eigenvalue weighted by atomic mass is 10.2. The van der Waals surface area contributed by atoms with Crippen molar-refractivity contribution in [1.29, 1.82) is 0 Å². The molecule has 50 heavy (non-hydrogen) atoms. The van der Waals surface area contributed by atoms with Crippen molar-refractivity contribution in [1.82, 2.24) is 0 Å². The van der Waals surface area contributed by atoms with Crippen LogP contribution in [0.25, 0.3) is 0 Å². The topological polar surface area (TPSA) is 182 Å². The fourth-order valence-corrected chi connectivity index (χ4v) is 8.18. The van der Waals surface area contributed by atoms with Gasteiger partial charge in [-0.15, -0.1) is 0 Å². The quantitative estimate of drug-likeness (QED) is 0.0820. The molecular formula is C39H33N6O4P. The smallest absolute Gasteiger partial charge is 0.255 e. The molecule has 0 radical (unpaired) electrons. The molecule has 0 bridgehead atoms. The fraction of sp³-hybridized carbons (Fsp3) is 0. The number of hydrogen-bond donors (Lipinski definition) is 6. The van der Waals surface area contributed by atoms with Gasteiger partial charge in [0, 0.05) is 66.7 Å². The van der Waals surface area contributed by atoms with E-state index in [9.17, 15) is 14.4 Å². The molecule has 0 unspecified atom stereocenters. The van der Waals surface area contributed by atoms with Gasteiger partial charge in [-0.25, -0.2) is 0 Å². The predicted molar refractivity (Wildman–Crippen MR) is 202 cm³/mol. The maximum Gasteiger partial charge on any atom is 0.255 e. The third-order valence-corrected chi connectivity index (χ3v) is 10.9. The molecule has 0 saturated heterocycles. The molecule has 6 aromatic carbocycles. The van der Waals surface area contributed by atoms with Crippen LogP contribution >= 0.6 is 7.14 Å². The number of benzene rings is 6. The largest absolute Gasteiger partial charge is 0.399 e. The van der Waals surface area contributed by atoms with E-state index in [2.05, 4.69) is 16.0 Å². The van der Waals surface area contributed by atoms with Gasteiger partial charge in [-0.3, -0.25) is 14.4 Å². The Morgan fingerprint density at radius 2 is 0.680 bits per heavy atom. The summed E-state index contributed by atoms with van der Waals surface area (Å²) in [4.78, 5) is 39.3. The second kappa shape index (κ2) is 14.2. The standard InChI is InChI=1S/C39H33N6O4P/c40-28-10-1-7-25(19-28)37(46)43-31-13-4-16-34(22-31)50(49,35-17-5-14-32(23-35)44-38(47)26-8-2-11-29(41)20-26)36-18-6-15-33(24-36)45-39(48)27-9-3-12-30(42)21-27/h1-24H,40-42H2,(H,43,46)(H,44,47)(H,45,48). The molecule has 11 heteroatoms. The van der Waals surface area contributed by atoms with Crippen molar-refractivity contribution in [2.45, 2.75) is 0 Å². The molecule has 9 N–H and O–H groups in total. The molecule has 10 nitrogen and oxygen atoms in total. The Morgan fingerprint density at radius 1 is 0.400 bits per heavy atom. The Hall–Kier alpha value is -6.64. The molecule has 3 amide bonds. The van der Waals surface area contributed by atoms with E-state index in [4.69, 9.17) is 17.2 Å². The highest BCUT2D eigenvalue weighted by Crippen LogP contribution is 2.44. The van der Waals surface area contributed by atoms with Crippen LogP contribution in [-0.4, -0.2) is 17.7 Å². The third kappa shape index (κ3) is 7.41. The molecule has 0 fully saturated rings. The van der Waals surface area contributed by atoms with Crippen LogP contribution in [0.5, 0.6) is 0 Å². The third-order valence-electron chi connectivity index (χ3n) is 7.85. The van der Waals surface area contributed by atoms with E-state index in [-0.39, 0.29) is 17.7 Å². The molecule has 0 spiro atoms. The predicted octanol–water partition coefficient (Wildman–Crippen LogP) is 5.83. The van der Waals surface area contributed by atoms with Crippen molar-refractivity contribution in [3.63, 3.8) is 0 Å². The zero-order valence-electron chi connectivity index (χ0n) is 26.7. The van der Waals surface area contributed by atoms with Crippen LogP contribution in [0.1, 0.15) is 31.1 Å². The summed E-state index contributed by atoms with van der Waals surface area (Å²) < 4.78 is 15.7. The van der Waals surface area contributed by atoms with Crippen molar-refractivity contribution in [2.24, 2.45) is 0 Å². The Bertz CT molecular complexity index is 2050. The van der Waals surface area contributed by atoms with Crippen molar-refractivity contribution >= 4 is 74.9 Å². The minimum atomic E-state index is -3.74. The zero-order valence-corrected chi connectivity index (χ0v) is 27.6. The van der Waals surface area contributed by atoms with E-state index in [1.165, 1.54) is 0 Å². The molecule has 0 atom stereocenters. The summed E-state index contributed by atoms with van der Waals surface area (Å²) in [6, 6.07) is 40.1. The van der Waals surface area contributed by atoms with Gasteiger partial charge in [0.2, 0.25) is 0 Å². The van der Waals surface area contributed by atoms with E-state index < -0.39 is 7.14 Å². The summed E-state index contributed by atoms with van der Waals surface area (Å²) in [7, 11) is -3.74. The molecule has 0 aliphatic rings. The van der Waals surface area contributed by atoms with Crippen LogP contribution in [-0.2, 0) is 4.57 Å². The normalized spacial score (nSPS) is 11.0. The van der Waals surface area contributed by atoms with Gasteiger partial charge >= 0.3 is 0 Å². The van der Waals surface area contributed by atoms with Crippen LogP contribution in [0.3, 0.4) is 0 Å². The number of anilines is 6. The molecule has 0 aromatic heterocycles. The number of hydrogen-bond acceptors (Lipinski definition) is 7. The van der Waals surface area contributed by atoms with Crippen molar-refractivity contribution in [3.05, 3.63) is 162 Å². The van der Waals surface area contributed by atoms with Gasteiger partial charge < -0.3 is 37.7 Å². The summed E-state index contributed by atoms with van der Waals surface area (Å²) in [6.45, 7) is 0. The average Bonchev–Trinajstić information content (AvgIpc) is 3.11. The summed E-state index contributed by atoms with van der Waals surface area (Å²) in [5.74, 6) is -1.16. The molecule has 248 valence electrons. The zero-order chi connectivity index (χ0) is 35.3. The van der Waals surface area contributed by atoms with Crippen molar-refractivity contribution < 1.29 is 18.9 Å². The second-order valence-corrected chi connectivity index (χ2v) is 14.3. The maximum absolute atomic E-state index is 15.7. The number of amides is 3. The summed E-state index contributed by atoms with van der Waals surface area (Å²) in [5, 5.41) is 9.83. The summed E-state index contributed by atoms with van der Waals surface area (Å²) in [6.07, 6.45) is 0. The van der Waals surface area contributed by atoms with Crippen LogP contribution < -0.4 is 49.1 Å². The van der Waals surface area contributed by atoms with Gasteiger partial charge in [-0.2, -0.15) is 0 Å². The lowest BCUT2D eigenvalue weighted by Gasteiger charge is -2.22. The number of nitrogens with one attached hydrogen (secondary N) is 3. The molecule has 6 rings (SSSR count). The second-order valence-electron chi connectivity index (χ2n) is 11.5. The van der Waals surface area contributed by atoms with Crippen LogP contribution in [0.2, 0.25) is 0 Å². The van der Waals surface area contributed by atoms with Gasteiger partial charge in [0.05, 0.1) is 0 Å². The number of carbonyl (C=O) groups excluding carboxylic acids is 3. The fourth-order valence-electron chi connectivity index (χ4n) is 5.44. The van der Waals surface area contributed by atoms with Crippen molar-refractivity contribution in [3.8, 4) is 0 Å². The Balaban J connectivity index is 1.40. The maximum atomic E-state index is 15.7. The van der Waals surface area contributed by atoms with Crippen LogP contribution in [0.4, 0.5) is 34.1 Å². The molecular weight excluding hydrogens is 647 g/mol. The Labute approximate surface area is 288 Å². The molecule has 0 aliphatic heterocycles. The number of rotatable bonds is 9. The van der Waals surface area contributed by atoms with Crippen LogP contribution in [0.15, 0.2) is 146 Å². The van der Waals surface area contributed by atoms with Gasteiger partial charge in [0.15, 0.2) is 7.14 Å². The lowest BCUT2D eigenvalue weighted by molar-refractivity contribution is 0.101. The first-order chi connectivity index (χ1) is 24.1. The monoisotopic (exact) mass is 680 g/mol. The minimum absolute atomic E-state index is 0.366. The molecule has 0 aliphatic carbocycles. The Kier molecular flexibility index (Phi) is 9.47. The first kappa shape index (κ1) is 33.3. The van der Waals surface area contributed by atoms with Gasteiger partial charge in [-0.1, -0.05) is 54.6 Å².